The van der Waals surface area contributed by atoms with Gasteiger partial charge in [0.15, 0.2) is 9.84 Å². The minimum Gasteiger partial charge on any atom is -0.469 e. The molecule has 1 aliphatic carbocycles. The molecule has 0 amide bonds. The van der Waals surface area contributed by atoms with Crippen LogP contribution in [0.15, 0.2) is 18.2 Å². The van der Waals surface area contributed by atoms with Crippen LogP contribution < -0.4 is 0 Å². The zero-order chi connectivity index (χ0) is 15.7. The van der Waals surface area contributed by atoms with Crippen LogP contribution in [0.1, 0.15) is 24.8 Å². The quantitative estimate of drug-likeness (QED) is 0.755. The van der Waals surface area contributed by atoms with Gasteiger partial charge in [-0.25, -0.2) is 17.2 Å². The van der Waals surface area contributed by atoms with Gasteiger partial charge in [0, 0.05) is 11.6 Å². The summed E-state index contributed by atoms with van der Waals surface area (Å²) < 4.78 is 55.2. The van der Waals surface area contributed by atoms with E-state index in [1.807, 2.05) is 0 Å². The second-order valence-electron chi connectivity index (χ2n) is 5.52. The lowest BCUT2D eigenvalue weighted by molar-refractivity contribution is -0.141. The fraction of sp³-hybridized carbons (Fsp3) is 0.500. The van der Waals surface area contributed by atoms with E-state index in [4.69, 9.17) is 0 Å². The van der Waals surface area contributed by atoms with E-state index < -0.39 is 38.6 Å². The third-order valence-electron chi connectivity index (χ3n) is 3.62. The van der Waals surface area contributed by atoms with Crippen molar-refractivity contribution in [2.75, 3.05) is 12.9 Å². The number of hydrogen-bond acceptors (Lipinski definition) is 4. The molecule has 4 nitrogen and oxygen atoms in total. The third-order valence-corrected chi connectivity index (χ3v) is 5.42. The van der Waals surface area contributed by atoms with Crippen molar-refractivity contribution in [2.45, 2.75) is 25.0 Å². The number of carbonyl (C=O) groups excluding carboxylic acids is 1. The van der Waals surface area contributed by atoms with E-state index in [1.165, 1.54) is 7.11 Å². The van der Waals surface area contributed by atoms with Crippen molar-refractivity contribution in [3.63, 3.8) is 0 Å². The summed E-state index contributed by atoms with van der Waals surface area (Å²) in [6.07, 6.45) is 1.31. The molecule has 1 saturated carbocycles. The van der Waals surface area contributed by atoms with Gasteiger partial charge in [0.05, 0.1) is 25.0 Å². The lowest BCUT2D eigenvalue weighted by Gasteiger charge is -2.14. The lowest BCUT2D eigenvalue weighted by atomic mass is 10.1. The Bertz CT molecular complexity index is 651. The molecule has 0 aliphatic heterocycles. The van der Waals surface area contributed by atoms with Crippen molar-refractivity contribution in [2.24, 2.45) is 5.41 Å². The van der Waals surface area contributed by atoms with Crippen LogP contribution in [0.4, 0.5) is 8.78 Å². The van der Waals surface area contributed by atoms with Gasteiger partial charge in [-0.15, -0.1) is 0 Å². The fourth-order valence-corrected chi connectivity index (χ4v) is 4.45. The summed E-state index contributed by atoms with van der Waals surface area (Å²) in [5.41, 5.74) is -0.645. The van der Waals surface area contributed by atoms with Gasteiger partial charge >= 0.3 is 5.97 Å². The van der Waals surface area contributed by atoms with E-state index in [0.29, 0.717) is 18.9 Å². The molecule has 2 rings (SSSR count). The normalized spacial score (nSPS) is 16.5. The van der Waals surface area contributed by atoms with Crippen LogP contribution in [0.2, 0.25) is 0 Å². The van der Waals surface area contributed by atoms with Crippen molar-refractivity contribution >= 4 is 15.8 Å². The number of halogens is 2. The number of sulfone groups is 1. The van der Waals surface area contributed by atoms with E-state index in [1.54, 1.807) is 0 Å². The van der Waals surface area contributed by atoms with Crippen molar-refractivity contribution < 1.29 is 26.7 Å². The maximum absolute atomic E-state index is 13.5. The Morgan fingerprint density at radius 1 is 1.33 bits per heavy atom. The summed E-state index contributed by atoms with van der Waals surface area (Å²) in [7, 11) is -2.34. The Kier molecular flexibility index (Phi) is 4.32. The zero-order valence-electron chi connectivity index (χ0n) is 11.6. The van der Waals surface area contributed by atoms with Crippen LogP contribution in [-0.4, -0.2) is 27.2 Å². The molecule has 0 radical (unpaired) electrons. The summed E-state index contributed by atoms with van der Waals surface area (Å²) in [4.78, 5) is 11.3. The monoisotopic (exact) mass is 318 g/mol. The summed E-state index contributed by atoms with van der Waals surface area (Å²) in [6.45, 7) is 0. The smallest absolute Gasteiger partial charge is 0.306 e. The molecular weight excluding hydrogens is 302 g/mol. The largest absolute Gasteiger partial charge is 0.469 e. The van der Waals surface area contributed by atoms with Crippen molar-refractivity contribution in [3.05, 3.63) is 35.4 Å². The van der Waals surface area contributed by atoms with Gasteiger partial charge in [-0.05, 0) is 24.3 Å². The first-order valence-corrected chi connectivity index (χ1v) is 8.29. The van der Waals surface area contributed by atoms with E-state index in [2.05, 4.69) is 4.74 Å². The van der Waals surface area contributed by atoms with Crippen molar-refractivity contribution in [1.29, 1.82) is 0 Å². The molecule has 0 bridgehead atoms. The number of carbonyl (C=O) groups is 1. The first-order valence-electron chi connectivity index (χ1n) is 6.46. The summed E-state index contributed by atoms with van der Waals surface area (Å²) >= 11 is 0. The first-order chi connectivity index (χ1) is 9.75. The predicted octanol–water partition coefficient (Wildman–Crippen LogP) is 2.22. The summed E-state index contributed by atoms with van der Waals surface area (Å²) in [5.74, 6) is -2.77. The fourth-order valence-electron chi connectivity index (χ4n) is 2.32. The molecule has 1 aromatic carbocycles. The molecular formula is C14H16F2O4S. The number of methoxy groups -OCH3 is 1. The van der Waals surface area contributed by atoms with Gasteiger partial charge in [0.25, 0.3) is 0 Å². The molecule has 0 saturated heterocycles. The SMILES string of the molecule is COC(=O)CC1(CS(=O)(=O)Cc2ccc(F)cc2F)CC1. The average molecular weight is 318 g/mol. The molecule has 0 aromatic heterocycles. The van der Waals surface area contributed by atoms with Crippen LogP contribution in [0.5, 0.6) is 0 Å². The van der Waals surface area contributed by atoms with Crippen LogP contribution in [-0.2, 0) is 25.1 Å². The molecule has 1 fully saturated rings. The maximum Gasteiger partial charge on any atom is 0.306 e. The minimum atomic E-state index is -3.59. The maximum atomic E-state index is 13.5. The standard InChI is InChI=1S/C14H16F2O4S/c1-20-13(17)7-14(4-5-14)9-21(18,19)8-10-2-3-11(15)6-12(10)16/h2-3,6H,4-5,7-9H2,1H3. The molecule has 0 N–H and O–H groups in total. The average Bonchev–Trinajstić information content (AvgIpc) is 3.11. The molecule has 0 atom stereocenters. The summed E-state index contributed by atoms with van der Waals surface area (Å²) in [6, 6.07) is 2.81. The van der Waals surface area contributed by atoms with Gasteiger partial charge < -0.3 is 4.74 Å². The highest BCUT2D eigenvalue weighted by molar-refractivity contribution is 7.90. The summed E-state index contributed by atoms with van der Waals surface area (Å²) in [5, 5.41) is 0. The second kappa shape index (κ2) is 5.71. The Labute approximate surface area is 122 Å². The number of rotatable bonds is 6. The molecule has 7 heteroatoms. The molecule has 1 aliphatic rings. The highest BCUT2D eigenvalue weighted by atomic mass is 32.2. The van der Waals surface area contributed by atoms with Gasteiger partial charge in [-0.2, -0.15) is 0 Å². The Hall–Kier alpha value is -1.50. The number of ether oxygens (including phenoxy) is 1. The van der Waals surface area contributed by atoms with E-state index >= 15 is 0 Å². The molecule has 116 valence electrons. The Morgan fingerprint density at radius 2 is 2.00 bits per heavy atom. The van der Waals surface area contributed by atoms with Crippen molar-refractivity contribution in [1.82, 2.24) is 0 Å². The number of esters is 1. The van der Waals surface area contributed by atoms with Crippen LogP contribution >= 0.6 is 0 Å². The van der Waals surface area contributed by atoms with Crippen LogP contribution in [0, 0.1) is 17.0 Å². The van der Waals surface area contributed by atoms with E-state index in [0.717, 1.165) is 12.1 Å². The Balaban J connectivity index is 2.07. The molecule has 0 heterocycles. The van der Waals surface area contributed by atoms with Gasteiger partial charge in [0.1, 0.15) is 11.6 Å². The molecule has 1 aromatic rings. The lowest BCUT2D eigenvalue weighted by Crippen LogP contribution is -2.22. The van der Waals surface area contributed by atoms with Crippen LogP contribution in [0.3, 0.4) is 0 Å². The van der Waals surface area contributed by atoms with Gasteiger partial charge in [-0.1, -0.05) is 6.07 Å². The topological polar surface area (TPSA) is 60.4 Å². The minimum absolute atomic E-state index is 0.0502. The third kappa shape index (κ3) is 4.23. The zero-order valence-corrected chi connectivity index (χ0v) is 12.4. The van der Waals surface area contributed by atoms with Crippen molar-refractivity contribution in [3.8, 4) is 0 Å². The molecule has 0 spiro atoms. The second-order valence-corrected chi connectivity index (χ2v) is 7.59. The number of benzene rings is 1. The molecule has 0 unspecified atom stereocenters. The van der Waals surface area contributed by atoms with Crippen LogP contribution in [0.25, 0.3) is 0 Å². The van der Waals surface area contributed by atoms with E-state index in [9.17, 15) is 22.0 Å². The van der Waals surface area contributed by atoms with Gasteiger partial charge in [-0.3, -0.25) is 4.79 Å². The van der Waals surface area contributed by atoms with Gasteiger partial charge in [0.2, 0.25) is 0 Å². The molecule has 21 heavy (non-hydrogen) atoms. The highest BCUT2D eigenvalue weighted by Gasteiger charge is 2.47. The predicted molar refractivity (Wildman–Crippen MR) is 72.1 cm³/mol. The van der Waals surface area contributed by atoms with E-state index in [-0.39, 0.29) is 17.7 Å². The first kappa shape index (κ1) is 15.9. The highest BCUT2D eigenvalue weighted by Crippen LogP contribution is 2.50. The Morgan fingerprint density at radius 3 is 2.52 bits per heavy atom. The number of hydrogen-bond donors (Lipinski definition) is 0.